The zero-order valence-corrected chi connectivity index (χ0v) is 20.8. The summed E-state index contributed by atoms with van der Waals surface area (Å²) in [7, 11) is -3.79. The van der Waals surface area contributed by atoms with E-state index in [0.717, 1.165) is 27.6 Å². The van der Waals surface area contributed by atoms with Crippen LogP contribution in [0.3, 0.4) is 0 Å². The van der Waals surface area contributed by atoms with Crippen LogP contribution >= 0.6 is 34.8 Å². The quantitative estimate of drug-likeness (QED) is 0.528. The minimum atomic E-state index is -3.79. The second-order valence-corrected chi connectivity index (χ2v) is 11.0. The Morgan fingerprint density at radius 3 is 2.33 bits per heavy atom. The van der Waals surface area contributed by atoms with Crippen LogP contribution in [-0.2, 0) is 21.4 Å². The molecule has 0 saturated carbocycles. The van der Waals surface area contributed by atoms with E-state index in [9.17, 15) is 13.2 Å². The summed E-state index contributed by atoms with van der Waals surface area (Å²) in [5, 5.41) is 0.439. The second-order valence-electron chi connectivity index (χ2n) is 7.83. The first-order valence-corrected chi connectivity index (χ1v) is 13.1. The lowest BCUT2D eigenvalue weighted by atomic mass is 10.1. The summed E-state index contributed by atoms with van der Waals surface area (Å²) >= 11 is 18.2. The molecule has 0 bridgehead atoms. The largest absolute Gasteiger partial charge is 0.454 e. The third kappa shape index (κ3) is 5.60. The van der Waals surface area contributed by atoms with Crippen molar-refractivity contribution in [1.29, 1.82) is 0 Å². The van der Waals surface area contributed by atoms with Gasteiger partial charge in [0.25, 0.3) is 0 Å². The predicted molar refractivity (Wildman–Crippen MR) is 128 cm³/mol. The molecule has 12 heteroatoms. The Morgan fingerprint density at radius 2 is 1.64 bits per heavy atom. The Morgan fingerprint density at radius 1 is 0.970 bits per heavy atom. The average molecular weight is 535 g/mol. The van der Waals surface area contributed by atoms with Crippen molar-refractivity contribution in [1.82, 2.24) is 9.80 Å². The maximum Gasteiger partial charge on any atom is 0.243 e. The number of carbonyl (C=O) groups excluding carboxylic acids is 1. The van der Waals surface area contributed by atoms with Crippen LogP contribution < -0.4 is 13.8 Å². The molecule has 2 heterocycles. The SMILES string of the molecule is CS(=O)(=O)N(CC(=O)N1CCN(Cc2ccc3c(c2)OCO3)CC1)c1cc(Cl)c(Cl)cc1Cl. The number of piperazine rings is 1. The molecule has 1 fully saturated rings. The number of anilines is 1. The molecule has 0 aliphatic carbocycles. The fraction of sp³-hybridized carbons (Fsp3) is 0.381. The van der Waals surface area contributed by atoms with Gasteiger partial charge in [-0.2, -0.15) is 0 Å². The topological polar surface area (TPSA) is 79.4 Å². The van der Waals surface area contributed by atoms with Crippen molar-refractivity contribution in [3.05, 3.63) is 51.0 Å². The lowest BCUT2D eigenvalue weighted by molar-refractivity contribution is -0.131. The number of halogens is 3. The highest BCUT2D eigenvalue weighted by Gasteiger charge is 2.28. The van der Waals surface area contributed by atoms with Crippen LogP contribution in [0.1, 0.15) is 5.56 Å². The van der Waals surface area contributed by atoms with Crippen molar-refractivity contribution in [2.45, 2.75) is 6.54 Å². The van der Waals surface area contributed by atoms with E-state index < -0.39 is 10.0 Å². The molecule has 2 aromatic carbocycles. The van der Waals surface area contributed by atoms with Crippen LogP contribution in [0.15, 0.2) is 30.3 Å². The Kier molecular flexibility index (Phi) is 7.16. The molecule has 0 N–H and O–H groups in total. The minimum absolute atomic E-state index is 0.0937. The van der Waals surface area contributed by atoms with E-state index in [2.05, 4.69) is 4.90 Å². The Labute approximate surface area is 207 Å². The maximum atomic E-state index is 13.0. The third-order valence-corrected chi connectivity index (χ3v) is 7.66. The zero-order valence-electron chi connectivity index (χ0n) is 17.8. The van der Waals surface area contributed by atoms with Crippen LogP contribution in [0.5, 0.6) is 11.5 Å². The number of fused-ring (bicyclic) bond motifs is 1. The highest BCUT2D eigenvalue weighted by molar-refractivity contribution is 7.92. The summed E-state index contributed by atoms with van der Waals surface area (Å²) in [5.41, 5.74) is 1.21. The number of hydrogen-bond acceptors (Lipinski definition) is 6. The Hall–Kier alpha value is -1.91. The normalized spacial score (nSPS) is 16.2. The minimum Gasteiger partial charge on any atom is -0.454 e. The Bertz CT molecular complexity index is 1170. The fourth-order valence-electron chi connectivity index (χ4n) is 3.76. The summed E-state index contributed by atoms with van der Waals surface area (Å²) in [4.78, 5) is 16.8. The number of amides is 1. The molecule has 0 unspecified atom stereocenters. The van der Waals surface area contributed by atoms with Gasteiger partial charge in [0.05, 0.1) is 27.0 Å². The number of hydrogen-bond donors (Lipinski definition) is 0. The second kappa shape index (κ2) is 9.76. The van der Waals surface area contributed by atoms with Gasteiger partial charge < -0.3 is 14.4 Å². The van der Waals surface area contributed by atoms with Crippen LogP contribution in [0.2, 0.25) is 15.1 Å². The highest BCUT2D eigenvalue weighted by Crippen LogP contribution is 2.36. The lowest BCUT2D eigenvalue weighted by Crippen LogP contribution is -2.51. The number of nitrogens with zero attached hydrogens (tertiary/aromatic N) is 3. The molecule has 33 heavy (non-hydrogen) atoms. The zero-order chi connectivity index (χ0) is 23.8. The third-order valence-electron chi connectivity index (χ3n) is 5.51. The first-order chi connectivity index (χ1) is 15.6. The number of benzene rings is 2. The predicted octanol–water partition coefficient (Wildman–Crippen LogP) is 3.49. The monoisotopic (exact) mass is 533 g/mol. The van der Waals surface area contributed by atoms with Gasteiger partial charge in [-0.15, -0.1) is 0 Å². The molecule has 2 aliphatic heterocycles. The van der Waals surface area contributed by atoms with Crippen LogP contribution in [0.4, 0.5) is 5.69 Å². The number of sulfonamides is 1. The van der Waals surface area contributed by atoms with E-state index in [4.69, 9.17) is 44.3 Å². The number of ether oxygens (including phenoxy) is 2. The first kappa shape index (κ1) is 24.2. The molecule has 2 aliphatic rings. The van der Waals surface area contributed by atoms with Gasteiger partial charge in [-0.05, 0) is 29.8 Å². The van der Waals surface area contributed by atoms with Crippen molar-refractivity contribution in [2.75, 3.05) is 50.1 Å². The van der Waals surface area contributed by atoms with E-state index >= 15 is 0 Å². The fourth-order valence-corrected chi connectivity index (χ4v) is 5.31. The summed E-state index contributed by atoms with van der Waals surface area (Å²) in [6.45, 7) is 2.86. The van der Waals surface area contributed by atoms with Crippen molar-refractivity contribution >= 4 is 56.4 Å². The van der Waals surface area contributed by atoms with Gasteiger partial charge in [-0.25, -0.2) is 8.42 Å². The van der Waals surface area contributed by atoms with Crippen LogP contribution in [-0.4, -0.2) is 69.9 Å². The average Bonchev–Trinajstić information content (AvgIpc) is 3.22. The van der Waals surface area contributed by atoms with Gasteiger partial charge in [-0.3, -0.25) is 14.0 Å². The molecule has 2 aromatic rings. The smallest absolute Gasteiger partial charge is 0.243 e. The number of carbonyl (C=O) groups is 1. The van der Waals surface area contributed by atoms with Gasteiger partial charge in [0.2, 0.25) is 22.7 Å². The maximum absolute atomic E-state index is 13.0. The standard InChI is InChI=1S/C21H22Cl3N3O5S/c1-33(29,30)27(18-10-16(23)15(22)9-17(18)24)12-21(28)26-6-4-25(5-7-26)11-14-2-3-19-20(8-14)32-13-31-19/h2-3,8-10H,4-7,11-13H2,1H3. The van der Waals surface area contributed by atoms with Crippen molar-refractivity contribution in [3.8, 4) is 11.5 Å². The molecule has 1 saturated heterocycles. The van der Waals surface area contributed by atoms with Crippen molar-refractivity contribution < 1.29 is 22.7 Å². The van der Waals surface area contributed by atoms with E-state index in [1.807, 2.05) is 18.2 Å². The van der Waals surface area contributed by atoms with Crippen molar-refractivity contribution in [2.24, 2.45) is 0 Å². The summed E-state index contributed by atoms with van der Waals surface area (Å²) in [5.74, 6) is 1.17. The van der Waals surface area contributed by atoms with Gasteiger partial charge in [0.15, 0.2) is 11.5 Å². The van der Waals surface area contributed by atoms with E-state index in [1.165, 1.54) is 12.1 Å². The van der Waals surface area contributed by atoms with Gasteiger partial charge in [0.1, 0.15) is 6.54 Å². The molecule has 0 spiro atoms. The van der Waals surface area contributed by atoms with Gasteiger partial charge in [-0.1, -0.05) is 40.9 Å². The molecule has 178 valence electrons. The lowest BCUT2D eigenvalue weighted by Gasteiger charge is -2.36. The molecule has 0 atom stereocenters. The molecule has 8 nitrogen and oxygen atoms in total. The van der Waals surface area contributed by atoms with Crippen LogP contribution in [0, 0.1) is 0 Å². The summed E-state index contributed by atoms with van der Waals surface area (Å²) in [6, 6.07) is 8.56. The van der Waals surface area contributed by atoms with E-state index in [1.54, 1.807) is 4.90 Å². The van der Waals surface area contributed by atoms with Gasteiger partial charge >= 0.3 is 0 Å². The van der Waals surface area contributed by atoms with Gasteiger partial charge in [0, 0.05) is 32.7 Å². The Balaban J connectivity index is 1.39. The first-order valence-electron chi connectivity index (χ1n) is 10.1. The van der Waals surface area contributed by atoms with Crippen molar-refractivity contribution in [3.63, 3.8) is 0 Å². The molecule has 0 radical (unpaired) electrons. The summed E-state index contributed by atoms with van der Waals surface area (Å²) in [6.07, 6.45) is 1.02. The summed E-state index contributed by atoms with van der Waals surface area (Å²) < 4.78 is 36.6. The molecule has 1 amide bonds. The molecular formula is C21H22Cl3N3O5S. The number of rotatable bonds is 6. The molecule has 4 rings (SSSR count). The molecular weight excluding hydrogens is 513 g/mol. The molecule has 0 aromatic heterocycles. The highest BCUT2D eigenvalue weighted by atomic mass is 35.5. The van der Waals surface area contributed by atoms with E-state index in [0.29, 0.717) is 32.7 Å². The van der Waals surface area contributed by atoms with E-state index in [-0.39, 0.29) is 40.0 Å². The van der Waals surface area contributed by atoms with Crippen LogP contribution in [0.25, 0.3) is 0 Å².